The monoisotopic (exact) mass is 478 g/mol. The number of rotatable bonds is 2. The van der Waals surface area contributed by atoms with Gasteiger partial charge >= 0.3 is 11.9 Å². The lowest BCUT2D eigenvalue weighted by molar-refractivity contribution is -0.184. The van der Waals surface area contributed by atoms with Crippen molar-refractivity contribution in [2.24, 2.45) is 5.92 Å². The van der Waals surface area contributed by atoms with Crippen molar-refractivity contribution in [2.75, 3.05) is 7.11 Å². The second-order valence-corrected chi connectivity index (χ2v) is 9.02. The van der Waals surface area contributed by atoms with E-state index in [4.69, 9.17) is 9.47 Å². The third-order valence-electron chi connectivity index (χ3n) is 5.33. The molecule has 1 saturated heterocycles. The number of halogens is 2. The van der Waals surface area contributed by atoms with Gasteiger partial charge < -0.3 is 9.47 Å². The van der Waals surface area contributed by atoms with Crippen molar-refractivity contribution in [3.8, 4) is 0 Å². The summed E-state index contributed by atoms with van der Waals surface area (Å²) in [5.41, 5.74) is 2.95. The highest BCUT2D eigenvalue weighted by atomic mass is 79.9. The Hall–Kier alpha value is -1.66. The van der Waals surface area contributed by atoms with Gasteiger partial charge in [-0.3, -0.25) is 4.79 Å². The van der Waals surface area contributed by atoms with E-state index in [0.717, 1.165) is 16.7 Å². The van der Waals surface area contributed by atoms with Crippen LogP contribution in [-0.2, 0) is 29.8 Å². The van der Waals surface area contributed by atoms with Gasteiger partial charge in [-0.2, -0.15) is 0 Å². The Morgan fingerprint density at radius 1 is 1.12 bits per heavy atom. The molecule has 4 atom stereocenters. The molecule has 1 unspecified atom stereocenters. The van der Waals surface area contributed by atoms with Crippen LogP contribution in [-0.4, -0.2) is 23.6 Å². The van der Waals surface area contributed by atoms with E-state index in [2.05, 4.69) is 31.9 Å². The van der Waals surface area contributed by atoms with Crippen molar-refractivity contribution in [3.05, 3.63) is 71.3 Å². The summed E-state index contributed by atoms with van der Waals surface area (Å²) >= 11 is 7.14. The highest BCUT2D eigenvalue weighted by Gasteiger charge is 2.67. The van der Waals surface area contributed by atoms with E-state index >= 15 is 0 Å². The van der Waals surface area contributed by atoms with Gasteiger partial charge in [0, 0.05) is 11.8 Å². The number of methoxy groups -OCH3 is 1. The summed E-state index contributed by atoms with van der Waals surface area (Å²) in [4.78, 5) is 25.7. The second-order valence-electron chi connectivity index (χ2n) is 6.59. The van der Waals surface area contributed by atoms with Gasteiger partial charge in [0.25, 0.3) is 4.51 Å². The van der Waals surface area contributed by atoms with Crippen LogP contribution in [0.1, 0.15) is 22.6 Å². The summed E-state index contributed by atoms with van der Waals surface area (Å²) in [6.45, 7) is 0. The largest absolute Gasteiger partial charge is 0.465 e. The molecular weight excluding hydrogens is 464 g/mol. The molecule has 0 aromatic heterocycles. The number of carbonyl (C=O) groups is 2. The second kappa shape index (κ2) is 6.20. The van der Waals surface area contributed by atoms with Crippen molar-refractivity contribution in [3.63, 3.8) is 0 Å². The lowest BCUT2D eigenvalue weighted by Crippen LogP contribution is -2.58. The molecule has 0 bridgehead atoms. The minimum atomic E-state index is -1.51. The van der Waals surface area contributed by atoms with Crippen LogP contribution in [0.5, 0.6) is 0 Å². The van der Waals surface area contributed by atoms with Crippen LogP contribution in [0.25, 0.3) is 0 Å². The van der Waals surface area contributed by atoms with E-state index in [0.29, 0.717) is 6.42 Å². The highest BCUT2D eigenvalue weighted by molar-refractivity contribution is 9.10. The third-order valence-corrected chi connectivity index (χ3v) is 7.68. The Morgan fingerprint density at radius 2 is 1.77 bits per heavy atom. The molecule has 1 aliphatic heterocycles. The Morgan fingerprint density at radius 3 is 2.46 bits per heavy atom. The van der Waals surface area contributed by atoms with Gasteiger partial charge in [-0.05, 0) is 39.0 Å². The van der Waals surface area contributed by atoms with Gasteiger partial charge in [0.15, 0.2) is 4.32 Å². The lowest BCUT2D eigenvalue weighted by Gasteiger charge is -2.46. The maximum absolute atomic E-state index is 13.2. The molecule has 4 rings (SSSR count). The van der Waals surface area contributed by atoms with Crippen LogP contribution in [0.3, 0.4) is 0 Å². The molecule has 2 aliphatic rings. The average molecular weight is 480 g/mol. The van der Waals surface area contributed by atoms with E-state index in [1.165, 1.54) is 7.11 Å². The molecule has 2 aromatic rings. The average Bonchev–Trinajstić information content (AvgIpc) is 3.07. The molecule has 0 amide bonds. The number of ether oxygens (including phenoxy) is 2. The maximum atomic E-state index is 13.2. The molecule has 2 aromatic carbocycles. The van der Waals surface area contributed by atoms with Crippen LogP contribution in [0.15, 0.2) is 54.6 Å². The van der Waals surface area contributed by atoms with Gasteiger partial charge in [-0.15, -0.1) is 0 Å². The van der Waals surface area contributed by atoms with E-state index in [9.17, 15) is 9.59 Å². The predicted octanol–water partition coefficient (Wildman–Crippen LogP) is 4.05. The molecule has 0 N–H and O–H groups in total. The minimum Gasteiger partial charge on any atom is -0.465 e. The Bertz CT molecular complexity index is 884. The Kier molecular flexibility index (Phi) is 4.23. The van der Waals surface area contributed by atoms with Crippen molar-refractivity contribution in [2.45, 2.75) is 21.2 Å². The van der Waals surface area contributed by atoms with Crippen molar-refractivity contribution in [1.29, 1.82) is 0 Å². The number of carbonyl (C=O) groups excluding carboxylic acids is 2. The number of benzene rings is 2. The normalized spacial score (nSPS) is 32.3. The molecule has 0 radical (unpaired) electrons. The number of cyclic esters (lactones) is 1. The third kappa shape index (κ3) is 2.31. The fourth-order valence-corrected chi connectivity index (χ4v) is 5.80. The van der Waals surface area contributed by atoms with Crippen LogP contribution < -0.4 is 0 Å². The predicted molar refractivity (Wildman–Crippen MR) is 103 cm³/mol. The fourth-order valence-electron chi connectivity index (χ4n) is 4.15. The van der Waals surface area contributed by atoms with Gasteiger partial charge in [-0.1, -0.05) is 70.5 Å². The number of esters is 2. The first-order chi connectivity index (χ1) is 12.4. The first-order valence-corrected chi connectivity index (χ1v) is 9.84. The van der Waals surface area contributed by atoms with Gasteiger partial charge in [0.05, 0.1) is 7.11 Å². The molecule has 1 heterocycles. The molecule has 1 fully saturated rings. The SMILES string of the molecule is COC(=O)C1(Br)OC(=O)[C@](Br)(c2ccccc2)[C@@H]2c3ccccc3C[C@@H]21. The van der Waals surface area contributed by atoms with Gasteiger partial charge in [0.2, 0.25) is 0 Å². The number of alkyl halides is 2. The van der Waals surface area contributed by atoms with Crippen LogP contribution in [0.4, 0.5) is 0 Å². The minimum absolute atomic E-state index is 0.277. The summed E-state index contributed by atoms with van der Waals surface area (Å²) in [5, 5.41) is 0. The lowest BCUT2D eigenvalue weighted by atomic mass is 9.73. The summed E-state index contributed by atoms with van der Waals surface area (Å²) < 4.78 is 8.06. The summed E-state index contributed by atoms with van der Waals surface area (Å²) in [7, 11) is 1.30. The van der Waals surface area contributed by atoms with E-state index in [1.54, 1.807) is 0 Å². The van der Waals surface area contributed by atoms with Crippen molar-refractivity contribution >= 4 is 43.8 Å². The molecule has 134 valence electrons. The van der Waals surface area contributed by atoms with E-state index < -0.39 is 20.8 Å². The van der Waals surface area contributed by atoms with E-state index in [-0.39, 0.29) is 11.8 Å². The zero-order chi connectivity index (χ0) is 18.5. The highest BCUT2D eigenvalue weighted by Crippen LogP contribution is 2.62. The number of hydrogen-bond acceptors (Lipinski definition) is 4. The van der Waals surface area contributed by atoms with Crippen LogP contribution >= 0.6 is 31.9 Å². The molecule has 26 heavy (non-hydrogen) atoms. The molecule has 6 heteroatoms. The van der Waals surface area contributed by atoms with Gasteiger partial charge in [0.1, 0.15) is 0 Å². The smallest absolute Gasteiger partial charge is 0.362 e. The molecule has 0 spiro atoms. The quantitative estimate of drug-likeness (QED) is 0.481. The van der Waals surface area contributed by atoms with Crippen molar-refractivity contribution < 1.29 is 19.1 Å². The maximum Gasteiger partial charge on any atom is 0.362 e. The van der Waals surface area contributed by atoms with Crippen molar-refractivity contribution in [1.82, 2.24) is 0 Å². The molecule has 4 nitrogen and oxygen atoms in total. The summed E-state index contributed by atoms with van der Waals surface area (Å²) in [6, 6.07) is 17.4. The van der Waals surface area contributed by atoms with Gasteiger partial charge in [-0.25, -0.2) is 4.79 Å². The number of hydrogen-bond donors (Lipinski definition) is 0. The fraction of sp³-hybridized carbons (Fsp3) is 0.300. The summed E-state index contributed by atoms with van der Waals surface area (Å²) in [5.74, 6) is -1.69. The Labute approximate surface area is 168 Å². The molecular formula is C20H16Br2O4. The van der Waals surface area contributed by atoms with E-state index in [1.807, 2.05) is 54.6 Å². The first kappa shape index (κ1) is 17.7. The number of fused-ring (bicyclic) bond motifs is 3. The topological polar surface area (TPSA) is 52.6 Å². The first-order valence-electron chi connectivity index (χ1n) is 8.26. The van der Waals surface area contributed by atoms with Crippen LogP contribution in [0.2, 0.25) is 0 Å². The summed E-state index contributed by atoms with van der Waals surface area (Å²) in [6.07, 6.45) is 0.606. The van der Waals surface area contributed by atoms with Crippen LogP contribution in [0, 0.1) is 5.92 Å². The zero-order valence-corrected chi connectivity index (χ0v) is 17.1. The zero-order valence-electron chi connectivity index (χ0n) is 13.9. The standard InChI is InChI=1S/C20H16Br2O4/c1-25-18(24)20(22)15-11-12-7-5-6-10-14(12)16(15)19(21,17(23)26-20)13-8-3-2-4-9-13/h2-10,15-16H,11H2,1H3/t15-,16+,19-,20?/m0/s1. The molecule has 0 saturated carbocycles. The molecule has 1 aliphatic carbocycles. The Balaban J connectivity index is 1.94.